The number of rotatable bonds is 7. The van der Waals surface area contributed by atoms with Crippen LogP contribution in [0.2, 0.25) is 0 Å². The lowest BCUT2D eigenvalue weighted by atomic mass is 9.75. The molecule has 148 valence electrons. The second-order valence-electron chi connectivity index (χ2n) is 6.86. The predicted octanol–water partition coefficient (Wildman–Crippen LogP) is 1.55. The second-order valence-corrected chi connectivity index (χ2v) is 6.86. The predicted molar refractivity (Wildman–Crippen MR) is 100 cm³/mol. The van der Waals surface area contributed by atoms with Gasteiger partial charge in [0.05, 0.1) is 25.7 Å². The Morgan fingerprint density at radius 3 is 2.74 bits per heavy atom. The fourth-order valence-electron chi connectivity index (χ4n) is 3.50. The van der Waals surface area contributed by atoms with Gasteiger partial charge >= 0.3 is 5.97 Å². The van der Waals surface area contributed by atoms with E-state index >= 15 is 0 Å². The Kier molecular flexibility index (Phi) is 7.21. The van der Waals surface area contributed by atoms with Crippen molar-refractivity contribution in [2.24, 2.45) is 5.41 Å². The van der Waals surface area contributed by atoms with Crippen LogP contribution < -0.4 is 10.1 Å². The molecule has 0 radical (unpaired) electrons. The molecule has 7 heteroatoms. The molecular formula is C20H28N2O5. The van der Waals surface area contributed by atoms with E-state index in [4.69, 9.17) is 9.47 Å². The lowest BCUT2D eigenvalue weighted by Gasteiger charge is -2.41. The number of ether oxygens (including phenoxy) is 2. The quantitative estimate of drug-likeness (QED) is 0.730. The summed E-state index contributed by atoms with van der Waals surface area (Å²) in [5.41, 5.74) is 0.158. The molecule has 0 bridgehead atoms. The standard InChI is InChI=1S/C20H28N2O5/c1-4-27-19(25)20(12-16-7-5-8-17(11-16)26-3)9-6-10-22(14-20)18(24)13-21-15(2)23/h5,7-8,11H,4,6,9-10,12-14H2,1-3H3,(H,21,23)/t20-/m1/s1. The van der Waals surface area contributed by atoms with E-state index in [0.717, 1.165) is 11.3 Å². The summed E-state index contributed by atoms with van der Waals surface area (Å²) in [4.78, 5) is 38.0. The van der Waals surface area contributed by atoms with Gasteiger partial charge in [0.2, 0.25) is 11.8 Å². The van der Waals surface area contributed by atoms with Crippen LogP contribution in [0.4, 0.5) is 0 Å². The molecule has 1 aliphatic heterocycles. The maximum atomic E-state index is 12.9. The van der Waals surface area contributed by atoms with Crippen LogP contribution in [-0.2, 0) is 25.5 Å². The minimum absolute atomic E-state index is 0.0621. The van der Waals surface area contributed by atoms with Crippen molar-refractivity contribution in [2.45, 2.75) is 33.1 Å². The molecule has 2 rings (SSSR count). The number of likely N-dealkylation sites (tertiary alicyclic amines) is 1. The van der Waals surface area contributed by atoms with Crippen LogP contribution in [0, 0.1) is 5.41 Å². The Labute approximate surface area is 160 Å². The van der Waals surface area contributed by atoms with Crippen LogP contribution in [0.25, 0.3) is 0 Å². The van der Waals surface area contributed by atoms with E-state index in [1.807, 2.05) is 24.3 Å². The van der Waals surface area contributed by atoms with Gasteiger partial charge in [-0.15, -0.1) is 0 Å². The molecule has 1 aliphatic rings. The van der Waals surface area contributed by atoms with E-state index in [0.29, 0.717) is 32.4 Å². The highest BCUT2D eigenvalue weighted by Crippen LogP contribution is 2.36. The topological polar surface area (TPSA) is 84.9 Å². The fourth-order valence-corrected chi connectivity index (χ4v) is 3.50. The lowest BCUT2D eigenvalue weighted by molar-refractivity contribution is -0.160. The Balaban J connectivity index is 2.22. The van der Waals surface area contributed by atoms with Crippen molar-refractivity contribution in [2.75, 3.05) is 33.4 Å². The summed E-state index contributed by atoms with van der Waals surface area (Å²) in [7, 11) is 1.60. The van der Waals surface area contributed by atoms with Crippen molar-refractivity contribution in [3.63, 3.8) is 0 Å². The number of carbonyl (C=O) groups is 3. The molecule has 1 aromatic carbocycles. The Morgan fingerprint density at radius 1 is 1.30 bits per heavy atom. The molecule has 0 spiro atoms. The zero-order valence-corrected chi connectivity index (χ0v) is 16.2. The van der Waals surface area contributed by atoms with Gasteiger partial charge in [0.25, 0.3) is 0 Å². The number of esters is 1. The van der Waals surface area contributed by atoms with E-state index in [2.05, 4.69) is 5.32 Å². The van der Waals surface area contributed by atoms with Crippen molar-refractivity contribution in [1.82, 2.24) is 10.2 Å². The van der Waals surface area contributed by atoms with Crippen molar-refractivity contribution in [1.29, 1.82) is 0 Å². The fraction of sp³-hybridized carbons (Fsp3) is 0.550. The molecule has 1 atom stereocenters. The first kappa shape index (κ1) is 20.7. The zero-order chi connectivity index (χ0) is 19.9. The monoisotopic (exact) mass is 376 g/mol. The summed E-state index contributed by atoms with van der Waals surface area (Å²) >= 11 is 0. The summed E-state index contributed by atoms with van der Waals surface area (Å²) in [6.07, 6.45) is 1.81. The van der Waals surface area contributed by atoms with Gasteiger partial charge in [-0.05, 0) is 43.9 Å². The molecule has 27 heavy (non-hydrogen) atoms. The molecule has 7 nitrogen and oxygen atoms in total. The average Bonchev–Trinajstić information content (AvgIpc) is 2.66. The molecule has 0 saturated carbocycles. The van der Waals surface area contributed by atoms with E-state index in [9.17, 15) is 14.4 Å². The molecule has 0 aliphatic carbocycles. The Morgan fingerprint density at radius 2 is 2.07 bits per heavy atom. The van der Waals surface area contributed by atoms with Crippen molar-refractivity contribution < 1.29 is 23.9 Å². The molecule has 1 N–H and O–H groups in total. The van der Waals surface area contributed by atoms with E-state index < -0.39 is 5.41 Å². The SMILES string of the molecule is CCOC(=O)[C@@]1(Cc2cccc(OC)c2)CCCN(C(=O)CNC(C)=O)C1. The van der Waals surface area contributed by atoms with Gasteiger partial charge in [0.15, 0.2) is 0 Å². The summed E-state index contributed by atoms with van der Waals surface area (Å²) in [5, 5.41) is 2.53. The van der Waals surface area contributed by atoms with Gasteiger partial charge in [-0.3, -0.25) is 14.4 Å². The zero-order valence-electron chi connectivity index (χ0n) is 16.2. The highest BCUT2D eigenvalue weighted by molar-refractivity contribution is 5.85. The third-order valence-corrected chi connectivity index (χ3v) is 4.80. The van der Waals surface area contributed by atoms with Crippen molar-refractivity contribution in [3.8, 4) is 5.75 Å². The summed E-state index contributed by atoms with van der Waals surface area (Å²) in [6, 6.07) is 7.58. The third kappa shape index (κ3) is 5.45. The lowest BCUT2D eigenvalue weighted by Crippen LogP contribution is -2.53. The Bertz CT molecular complexity index is 691. The number of nitrogens with zero attached hydrogens (tertiary/aromatic N) is 1. The maximum absolute atomic E-state index is 12.9. The molecular weight excluding hydrogens is 348 g/mol. The van der Waals surface area contributed by atoms with Gasteiger partial charge < -0.3 is 19.7 Å². The first-order valence-electron chi connectivity index (χ1n) is 9.22. The van der Waals surface area contributed by atoms with Crippen molar-refractivity contribution >= 4 is 17.8 Å². The number of methoxy groups -OCH3 is 1. The molecule has 1 saturated heterocycles. The summed E-state index contributed by atoms with van der Waals surface area (Å²) in [6.45, 7) is 4.22. The number of carbonyl (C=O) groups excluding carboxylic acids is 3. The molecule has 2 amide bonds. The van der Waals surface area contributed by atoms with Crippen LogP contribution in [0.3, 0.4) is 0 Å². The van der Waals surface area contributed by atoms with Crippen molar-refractivity contribution in [3.05, 3.63) is 29.8 Å². The number of hydrogen-bond acceptors (Lipinski definition) is 5. The number of nitrogens with one attached hydrogen (secondary N) is 1. The molecule has 1 fully saturated rings. The van der Waals surface area contributed by atoms with Gasteiger partial charge in [0, 0.05) is 20.0 Å². The van der Waals surface area contributed by atoms with Gasteiger partial charge in [-0.2, -0.15) is 0 Å². The molecule has 0 aromatic heterocycles. The first-order valence-corrected chi connectivity index (χ1v) is 9.22. The molecule has 1 aromatic rings. The smallest absolute Gasteiger partial charge is 0.314 e. The van der Waals surface area contributed by atoms with Crippen LogP contribution >= 0.6 is 0 Å². The van der Waals surface area contributed by atoms with E-state index in [1.165, 1.54) is 6.92 Å². The number of hydrogen-bond donors (Lipinski definition) is 1. The van der Waals surface area contributed by atoms with Gasteiger partial charge in [-0.1, -0.05) is 12.1 Å². The van der Waals surface area contributed by atoms with E-state index in [1.54, 1.807) is 18.9 Å². The highest BCUT2D eigenvalue weighted by Gasteiger charge is 2.44. The second kappa shape index (κ2) is 9.39. The van der Waals surface area contributed by atoms with E-state index in [-0.39, 0.29) is 30.9 Å². The Hall–Kier alpha value is -2.57. The summed E-state index contributed by atoms with van der Waals surface area (Å²) < 4.78 is 10.6. The van der Waals surface area contributed by atoms with Gasteiger partial charge in [-0.25, -0.2) is 0 Å². The number of benzene rings is 1. The van der Waals surface area contributed by atoms with Gasteiger partial charge in [0.1, 0.15) is 5.75 Å². The maximum Gasteiger partial charge on any atom is 0.314 e. The van der Waals surface area contributed by atoms with Crippen LogP contribution in [0.15, 0.2) is 24.3 Å². The third-order valence-electron chi connectivity index (χ3n) is 4.80. The van der Waals surface area contributed by atoms with Crippen LogP contribution in [0.5, 0.6) is 5.75 Å². The largest absolute Gasteiger partial charge is 0.497 e. The molecule has 0 unspecified atom stereocenters. The van der Waals surface area contributed by atoms with Crippen LogP contribution in [-0.4, -0.2) is 56.0 Å². The number of piperidine rings is 1. The number of amides is 2. The van der Waals surface area contributed by atoms with Crippen LogP contribution in [0.1, 0.15) is 32.3 Å². The summed E-state index contributed by atoms with van der Waals surface area (Å²) in [5.74, 6) is -0.0108. The highest BCUT2D eigenvalue weighted by atomic mass is 16.5. The minimum Gasteiger partial charge on any atom is -0.497 e. The normalized spacial score (nSPS) is 19.3. The minimum atomic E-state index is -0.799. The molecule has 1 heterocycles. The average molecular weight is 376 g/mol. The first-order chi connectivity index (χ1) is 12.9.